The van der Waals surface area contributed by atoms with Gasteiger partial charge in [0.15, 0.2) is 5.96 Å². The Morgan fingerprint density at radius 3 is 2.50 bits per heavy atom. The Labute approximate surface area is 111 Å². The van der Waals surface area contributed by atoms with Crippen LogP contribution in [0.15, 0.2) is 4.99 Å². The maximum atomic E-state index is 5.95. The molecule has 0 spiro atoms. The van der Waals surface area contributed by atoms with Gasteiger partial charge in [0.1, 0.15) is 0 Å². The molecule has 1 fully saturated rings. The molecule has 2 N–H and O–H groups in total. The zero-order chi connectivity index (χ0) is 13.2. The van der Waals surface area contributed by atoms with Gasteiger partial charge in [0.25, 0.3) is 0 Å². The topological polar surface area (TPSA) is 54.1 Å². The van der Waals surface area contributed by atoms with E-state index >= 15 is 0 Å². The van der Waals surface area contributed by atoms with Gasteiger partial charge in [-0.2, -0.15) is 0 Å². The van der Waals surface area contributed by atoms with Gasteiger partial charge < -0.3 is 20.3 Å². The van der Waals surface area contributed by atoms with E-state index < -0.39 is 0 Å². The second-order valence-electron chi connectivity index (χ2n) is 4.57. The lowest BCUT2D eigenvalue weighted by atomic mass is 10.3. The third-order valence-electron chi connectivity index (χ3n) is 3.39. The first-order chi connectivity index (χ1) is 8.77. The zero-order valence-electron chi connectivity index (χ0n) is 11.9. The zero-order valence-corrected chi connectivity index (χ0v) is 11.9. The molecule has 0 atom stereocenters. The average Bonchev–Trinajstić information content (AvgIpc) is 2.43. The molecule has 18 heavy (non-hydrogen) atoms. The lowest BCUT2D eigenvalue weighted by Gasteiger charge is -2.27. The van der Waals surface area contributed by atoms with Crippen molar-refractivity contribution >= 4 is 5.96 Å². The number of aliphatic imine (C=N–C) groups is 1. The first-order valence-electron chi connectivity index (χ1n) is 7.12. The van der Waals surface area contributed by atoms with Gasteiger partial charge in [-0.15, -0.1) is 0 Å². The van der Waals surface area contributed by atoms with Crippen molar-refractivity contribution in [2.45, 2.75) is 26.7 Å². The van der Waals surface area contributed by atoms with Crippen molar-refractivity contribution in [1.29, 1.82) is 0 Å². The minimum Gasteiger partial charge on any atom is -0.378 e. The predicted octanol–water partition coefficient (Wildman–Crippen LogP) is 0.755. The summed E-state index contributed by atoms with van der Waals surface area (Å²) < 4.78 is 5.29. The Bertz CT molecular complexity index is 235. The van der Waals surface area contributed by atoms with E-state index in [0.717, 1.165) is 52.4 Å². The minimum absolute atomic E-state index is 0.682. The van der Waals surface area contributed by atoms with Crippen molar-refractivity contribution in [2.24, 2.45) is 10.7 Å². The van der Waals surface area contributed by atoms with Gasteiger partial charge >= 0.3 is 0 Å². The second-order valence-corrected chi connectivity index (χ2v) is 4.57. The van der Waals surface area contributed by atoms with Crippen molar-refractivity contribution in [2.75, 3.05) is 52.5 Å². The number of hydrogen-bond donors (Lipinski definition) is 1. The van der Waals surface area contributed by atoms with Gasteiger partial charge in [0, 0.05) is 19.6 Å². The van der Waals surface area contributed by atoms with E-state index in [1.54, 1.807) is 0 Å². The summed E-state index contributed by atoms with van der Waals surface area (Å²) in [5, 5.41) is 0. The number of unbranched alkanes of at least 4 members (excludes halogenated alkanes) is 1. The highest BCUT2D eigenvalue weighted by Crippen LogP contribution is 1.98. The highest BCUT2D eigenvalue weighted by atomic mass is 16.5. The fourth-order valence-electron chi connectivity index (χ4n) is 2.07. The molecule has 5 nitrogen and oxygen atoms in total. The molecule has 0 bridgehead atoms. The SMILES string of the molecule is CCN(CC)CCCCN=C(N)N1CCOCC1. The average molecular weight is 256 g/mol. The summed E-state index contributed by atoms with van der Waals surface area (Å²) in [5.41, 5.74) is 5.95. The number of nitrogens with zero attached hydrogens (tertiary/aromatic N) is 3. The molecular formula is C13H28N4O. The number of hydrogen-bond acceptors (Lipinski definition) is 3. The molecule has 5 heteroatoms. The van der Waals surface area contributed by atoms with Gasteiger partial charge in [-0.3, -0.25) is 4.99 Å². The van der Waals surface area contributed by atoms with Crippen molar-refractivity contribution in [3.05, 3.63) is 0 Å². The van der Waals surface area contributed by atoms with Gasteiger partial charge in [-0.05, 0) is 32.5 Å². The Kier molecular flexibility index (Phi) is 7.76. The van der Waals surface area contributed by atoms with Gasteiger partial charge in [0.2, 0.25) is 0 Å². The summed E-state index contributed by atoms with van der Waals surface area (Å²) in [4.78, 5) is 8.99. The summed E-state index contributed by atoms with van der Waals surface area (Å²) in [6.45, 7) is 12.0. The maximum absolute atomic E-state index is 5.95. The Morgan fingerprint density at radius 2 is 1.89 bits per heavy atom. The summed E-state index contributed by atoms with van der Waals surface area (Å²) >= 11 is 0. The van der Waals surface area contributed by atoms with Crippen molar-refractivity contribution in [3.63, 3.8) is 0 Å². The summed E-state index contributed by atoms with van der Waals surface area (Å²) in [5.74, 6) is 0.682. The van der Waals surface area contributed by atoms with Crippen LogP contribution in [0.25, 0.3) is 0 Å². The third kappa shape index (κ3) is 5.69. The number of nitrogens with two attached hydrogens (primary N) is 1. The number of morpholine rings is 1. The molecule has 0 aromatic rings. The van der Waals surface area contributed by atoms with Crippen LogP contribution in [0.3, 0.4) is 0 Å². The lowest BCUT2D eigenvalue weighted by Crippen LogP contribution is -2.44. The summed E-state index contributed by atoms with van der Waals surface area (Å²) in [6.07, 6.45) is 2.31. The van der Waals surface area contributed by atoms with Crippen LogP contribution in [0.5, 0.6) is 0 Å². The molecule has 0 amide bonds. The summed E-state index contributed by atoms with van der Waals surface area (Å²) in [7, 11) is 0. The van der Waals surface area contributed by atoms with Crippen LogP contribution >= 0.6 is 0 Å². The number of rotatable bonds is 7. The van der Waals surface area contributed by atoms with Crippen LogP contribution in [-0.4, -0.2) is 68.2 Å². The highest BCUT2D eigenvalue weighted by molar-refractivity contribution is 5.78. The van der Waals surface area contributed by atoms with Crippen molar-refractivity contribution in [3.8, 4) is 0 Å². The molecule has 1 rings (SSSR count). The fourth-order valence-corrected chi connectivity index (χ4v) is 2.07. The molecule has 0 aromatic carbocycles. The van der Waals surface area contributed by atoms with Crippen LogP contribution in [0, 0.1) is 0 Å². The highest BCUT2D eigenvalue weighted by Gasteiger charge is 2.11. The number of ether oxygens (including phenoxy) is 1. The Balaban J connectivity index is 2.11. The summed E-state index contributed by atoms with van der Waals surface area (Å²) in [6, 6.07) is 0. The van der Waals surface area contributed by atoms with E-state index in [9.17, 15) is 0 Å². The smallest absolute Gasteiger partial charge is 0.191 e. The minimum atomic E-state index is 0.682. The van der Waals surface area contributed by atoms with Crippen LogP contribution in [0.4, 0.5) is 0 Å². The third-order valence-corrected chi connectivity index (χ3v) is 3.39. The molecule has 0 aliphatic carbocycles. The molecule has 106 valence electrons. The first-order valence-corrected chi connectivity index (χ1v) is 7.12. The van der Waals surface area contributed by atoms with Gasteiger partial charge in [0.05, 0.1) is 13.2 Å². The molecule has 1 heterocycles. The predicted molar refractivity (Wildman–Crippen MR) is 75.9 cm³/mol. The molecule has 0 saturated carbocycles. The molecule has 0 radical (unpaired) electrons. The first kappa shape index (κ1) is 15.2. The van der Waals surface area contributed by atoms with E-state index in [1.165, 1.54) is 13.0 Å². The van der Waals surface area contributed by atoms with Crippen molar-refractivity contribution in [1.82, 2.24) is 9.80 Å². The van der Waals surface area contributed by atoms with E-state index in [0.29, 0.717) is 5.96 Å². The molecule has 0 aromatic heterocycles. The Hall–Kier alpha value is -0.810. The lowest BCUT2D eigenvalue weighted by molar-refractivity contribution is 0.0674. The second kappa shape index (κ2) is 9.16. The van der Waals surface area contributed by atoms with Gasteiger partial charge in [-0.25, -0.2) is 0 Å². The molecule has 0 unspecified atom stereocenters. The van der Waals surface area contributed by atoms with E-state index in [4.69, 9.17) is 10.5 Å². The van der Waals surface area contributed by atoms with E-state index in [-0.39, 0.29) is 0 Å². The van der Waals surface area contributed by atoms with Crippen LogP contribution in [0.2, 0.25) is 0 Å². The van der Waals surface area contributed by atoms with Gasteiger partial charge in [-0.1, -0.05) is 13.8 Å². The monoisotopic (exact) mass is 256 g/mol. The van der Waals surface area contributed by atoms with E-state index in [2.05, 4.69) is 28.6 Å². The quantitative estimate of drug-likeness (QED) is 0.415. The largest absolute Gasteiger partial charge is 0.378 e. The maximum Gasteiger partial charge on any atom is 0.191 e. The van der Waals surface area contributed by atoms with Crippen LogP contribution < -0.4 is 5.73 Å². The molecule has 1 saturated heterocycles. The molecule has 1 aliphatic rings. The molecular weight excluding hydrogens is 228 g/mol. The standard InChI is InChI=1S/C13H28N4O/c1-3-16(4-2)8-6-5-7-15-13(14)17-9-11-18-12-10-17/h3-12H2,1-2H3,(H2,14,15). The van der Waals surface area contributed by atoms with Crippen LogP contribution in [0.1, 0.15) is 26.7 Å². The normalized spacial score (nSPS) is 17.5. The van der Waals surface area contributed by atoms with Crippen molar-refractivity contribution < 1.29 is 4.74 Å². The Morgan fingerprint density at radius 1 is 1.22 bits per heavy atom. The van der Waals surface area contributed by atoms with E-state index in [1.807, 2.05) is 0 Å². The van der Waals surface area contributed by atoms with Crippen LogP contribution in [-0.2, 0) is 4.74 Å². The number of guanidine groups is 1. The molecule has 1 aliphatic heterocycles. The fraction of sp³-hybridized carbons (Fsp3) is 0.923.